The Morgan fingerprint density at radius 2 is 2.10 bits per heavy atom. The van der Waals surface area contributed by atoms with Crippen LogP contribution in [0.2, 0.25) is 0 Å². The fraction of sp³-hybridized carbons (Fsp3) is 0.667. The standard InChI is InChI=1S/C15H23N3O3/c1-9(8-12-10(2)16-17(4)11(12)3)14(19)18-7-5-6-13(18)15(20)21/h9,13H,5-8H2,1-4H3,(H,20,21)/t9?,13-/m0/s1. The van der Waals surface area contributed by atoms with Crippen LogP contribution < -0.4 is 0 Å². The highest BCUT2D eigenvalue weighted by molar-refractivity contribution is 5.85. The first kappa shape index (κ1) is 15.5. The van der Waals surface area contributed by atoms with Crippen molar-refractivity contribution in [3.8, 4) is 0 Å². The van der Waals surface area contributed by atoms with Gasteiger partial charge < -0.3 is 10.0 Å². The molecule has 0 aliphatic carbocycles. The van der Waals surface area contributed by atoms with Crippen LogP contribution in [0.15, 0.2) is 0 Å². The summed E-state index contributed by atoms with van der Waals surface area (Å²) in [5, 5.41) is 13.5. The molecule has 0 aromatic carbocycles. The molecule has 1 saturated heterocycles. The molecule has 0 saturated carbocycles. The number of likely N-dealkylation sites (tertiary alicyclic amines) is 1. The van der Waals surface area contributed by atoms with Gasteiger partial charge in [0.2, 0.25) is 5.91 Å². The Labute approximate surface area is 124 Å². The van der Waals surface area contributed by atoms with Crippen LogP contribution in [-0.2, 0) is 23.1 Å². The Hall–Kier alpha value is -1.85. The molecule has 1 N–H and O–H groups in total. The van der Waals surface area contributed by atoms with E-state index in [0.29, 0.717) is 19.4 Å². The first-order valence-electron chi connectivity index (χ1n) is 7.35. The highest BCUT2D eigenvalue weighted by Crippen LogP contribution is 2.23. The minimum Gasteiger partial charge on any atom is -0.480 e. The predicted octanol–water partition coefficient (Wildman–Crippen LogP) is 1.29. The Bertz CT molecular complexity index is 565. The van der Waals surface area contributed by atoms with Crippen LogP contribution >= 0.6 is 0 Å². The van der Waals surface area contributed by atoms with Gasteiger partial charge in [0.15, 0.2) is 0 Å². The summed E-state index contributed by atoms with van der Waals surface area (Å²) < 4.78 is 1.82. The van der Waals surface area contributed by atoms with Crippen molar-refractivity contribution < 1.29 is 14.7 Å². The Morgan fingerprint density at radius 1 is 1.43 bits per heavy atom. The second-order valence-electron chi connectivity index (χ2n) is 5.91. The summed E-state index contributed by atoms with van der Waals surface area (Å²) in [5.41, 5.74) is 3.08. The summed E-state index contributed by atoms with van der Waals surface area (Å²) in [6, 6.07) is -0.656. The number of carboxylic acid groups (broad SMARTS) is 1. The maximum atomic E-state index is 12.5. The quantitative estimate of drug-likeness (QED) is 0.907. The van der Waals surface area contributed by atoms with Gasteiger partial charge in [-0.05, 0) is 38.7 Å². The lowest BCUT2D eigenvalue weighted by molar-refractivity contribution is -0.149. The van der Waals surface area contributed by atoms with Crippen LogP contribution in [0.3, 0.4) is 0 Å². The second-order valence-corrected chi connectivity index (χ2v) is 5.91. The maximum Gasteiger partial charge on any atom is 0.326 e. The van der Waals surface area contributed by atoms with E-state index in [0.717, 1.165) is 23.4 Å². The summed E-state index contributed by atoms with van der Waals surface area (Å²) in [4.78, 5) is 25.3. The summed E-state index contributed by atoms with van der Waals surface area (Å²) in [6.07, 6.45) is 1.92. The number of amides is 1. The largest absolute Gasteiger partial charge is 0.480 e. The van der Waals surface area contributed by atoms with Crippen molar-refractivity contribution >= 4 is 11.9 Å². The number of aliphatic carboxylic acids is 1. The molecule has 1 fully saturated rings. The van der Waals surface area contributed by atoms with Crippen molar-refractivity contribution in [2.45, 2.75) is 46.1 Å². The molecule has 0 bridgehead atoms. The molecular formula is C15H23N3O3. The van der Waals surface area contributed by atoms with Crippen LogP contribution in [0.5, 0.6) is 0 Å². The molecule has 2 atom stereocenters. The molecule has 2 heterocycles. The number of aryl methyl sites for hydroxylation is 2. The van der Waals surface area contributed by atoms with Crippen molar-refractivity contribution in [3.63, 3.8) is 0 Å². The molecule has 21 heavy (non-hydrogen) atoms. The maximum absolute atomic E-state index is 12.5. The van der Waals surface area contributed by atoms with Crippen LogP contribution in [-0.4, -0.2) is 44.3 Å². The van der Waals surface area contributed by atoms with Crippen molar-refractivity contribution in [1.82, 2.24) is 14.7 Å². The molecule has 0 spiro atoms. The number of rotatable bonds is 4. The number of carbonyl (C=O) groups excluding carboxylic acids is 1. The molecule has 1 aliphatic heterocycles. The third-order valence-corrected chi connectivity index (χ3v) is 4.41. The van der Waals surface area contributed by atoms with E-state index in [2.05, 4.69) is 5.10 Å². The molecule has 6 heteroatoms. The minimum absolute atomic E-state index is 0.0671. The highest BCUT2D eigenvalue weighted by atomic mass is 16.4. The first-order valence-corrected chi connectivity index (χ1v) is 7.35. The normalized spacial score (nSPS) is 19.8. The van der Waals surface area contributed by atoms with Gasteiger partial charge >= 0.3 is 5.97 Å². The van der Waals surface area contributed by atoms with Gasteiger partial charge in [0.1, 0.15) is 6.04 Å². The summed E-state index contributed by atoms with van der Waals surface area (Å²) in [5.74, 6) is -1.20. The van der Waals surface area contributed by atoms with Crippen LogP contribution in [0.4, 0.5) is 0 Å². The van der Waals surface area contributed by atoms with E-state index in [9.17, 15) is 14.7 Å². The van der Waals surface area contributed by atoms with Gasteiger partial charge in [-0.3, -0.25) is 9.48 Å². The summed E-state index contributed by atoms with van der Waals surface area (Å²) >= 11 is 0. The number of hydrogen-bond donors (Lipinski definition) is 1. The number of nitrogens with zero attached hydrogens (tertiary/aromatic N) is 3. The number of aromatic nitrogens is 2. The van der Waals surface area contributed by atoms with Gasteiger partial charge in [-0.1, -0.05) is 6.92 Å². The van der Waals surface area contributed by atoms with Gasteiger partial charge in [-0.2, -0.15) is 5.10 Å². The van der Waals surface area contributed by atoms with Crippen LogP contribution in [0.25, 0.3) is 0 Å². The zero-order chi connectivity index (χ0) is 15.7. The molecule has 1 aromatic rings. The van der Waals surface area contributed by atoms with Gasteiger partial charge in [0, 0.05) is 25.2 Å². The molecular weight excluding hydrogens is 270 g/mol. The molecule has 1 aromatic heterocycles. The lowest BCUT2D eigenvalue weighted by Crippen LogP contribution is -2.43. The Balaban J connectivity index is 2.11. The predicted molar refractivity (Wildman–Crippen MR) is 77.9 cm³/mol. The zero-order valence-corrected chi connectivity index (χ0v) is 13.1. The Morgan fingerprint density at radius 3 is 2.62 bits per heavy atom. The minimum atomic E-state index is -0.901. The van der Waals surface area contributed by atoms with Crippen molar-refractivity contribution in [2.24, 2.45) is 13.0 Å². The Kier molecular flexibility index (Phi) is 4.34. The van der Waals surface area contributed by atoms with E-state index in [1.807, 2.05) is 32.5 Å². The molecule has 0 radical (unpaired) electrons. The van der Waals surface area contributed by atoms with Gasteiger partial charge in [-0.25, -0.2) is 4.79 Å². The molecule has 2 rings (SSSR count). The zero-order valence-electron chi connectivity index (χ0n) is 13.1. The van der Waals surface area contributed by atoms with E-state index in [4.69, 9.17) is 0 Å². The molecule has 1 unspecified atom stereocenters. The molecule has 1 aliphatic rings. The van der Waals surface area contributed by atoms with Gasteiger partial charge in [0.25, 0.3) is 0 Å². The summed E-state index contributed by atoms with van der Waals surface area (Å²) in [7, 11) is 1.89. The lowest BCUT2D eigenvalue weighted by atomic mass is 9.98. The van der Waals surface area contributed by atoms with E-state index in [1.165, 1.54) is 4.90 Å². The average molecular weight is 293 g/mol. The number of carboxylic acids is 1. The van der Waals surface area contributed by atoms with Crippen molar-refractivity contribution in [3.05, 3.63) is 17.0 Å². The SMILES string of the molecule is Cc1nn(C)c(C)c1CC(C)C(=O)N1CCC[C@H]1C(=O)O. The van der Waals surface area contributed by atoms with Gasteiger partial charge in [-0.15, -0.1) is 0 Å². The van der Waals surface area contributed by atoms with E-state index < -0.39 is 12.0 Å². The molecule has 116 valence electrons. The first-order chi connectivity index (χ1) is 9.82. The molecule has 6 nitrogen and oxygen atoms in total. The third kappa shape index (κ3) is 2.94. The smallest absolute Gasteiger partial charge is 0.326 e. The fourth-order valence-corrected chi connectivity index (χ4v) is 3.08. The van der Waals surface area contributed by atoms with Crippen molar-refractivity contribution in [1.29, 1.82) is 0 Å². The molecule has 1 amide bonds. The van der Waals surface area contributed by atoms with Crippen molar-refractivity contribution in [2.75, 3.05) is 6.54 Å². The third-order valence-electron chi connectivity index (χ3n) is 4.41. The number of carbonyl (C=O) groups is 2. The topological polar surface area (TPSA) is 75.4 Å². The van der Waals surface area contributed by atoms with E-state index >= 15 is 0 Å². The fourth-order valence-electron chi connectivity index (χ4n) is 3.08. The van der Waals surface area contributed by atoms with Crippen LogP contribution in [0, 0.1) is 19.8 Å². The summed E-state index contributed by atoms with van der Waals surface area (Å²) in [6.45, 7) is 6.34. The lowest BCUT2D eigenvalue weighted by Gasteiger charge is -2.25. The second kappa shape index (κ2) is 5.87. The van der Waals surface area contributed by atoms with Crippen LogP contribution in [0.1, 0.15) is 36.7 Å². The average Bonchev–Trinajstić information content (AvgIpc) is 2.99. The van der Waals surface area contributed by atoms with E-state index in [-0.39, 0.29) is 11.8 Å². The highest BCUT2D eigenvalue weighted by Gasteiger charge is 2.36. The van der Waals surface area contributed by atoms with E-state index in [1.54, 1.807) is 0 Å². The number of hydrogen-bond acceptors (Lipinski definition) is 3. The van der Waals surface area contributed by atoms with Gasteiger partial charge in [0.05, 0.1) is 5.69 Å². The monoisotopic (exact) mass is 293 g/mol.